The molecule has 7 heteroatoms. The summed E-state index contributed by atoms with van der Waals surface area (Å²) in [6.45, 7) is -0.434. The fourth-order valence-electron chi connectivity index (χ4n) is 2.57. The number of carbonyl (C=O) groups is 1. The van der Waals surface area contributed by atoms with Crippen LogP contribution in [-0.4, -0.2) is 65.7 Å². The van der Waals surface area contributed by atoms with Crippen molar-refractivity contribution >= 4 is 5.97 Å². The minimum Gasteiger partial charge on any atom is -0.465 e. The molecule has 0 bridgehead atoms. The second-order valence-electron chi connectivity index (χ2n) is 5.37. The highest BCUT2D eigenvalue weighted by Crippen LogP contribution is 2.34. The monoisotopic (exact) mass is 326 g/mol. The third-order valence-corrected chi connectivity index (χ3v) is 3.84. The minimum atomic E-state index is -2.11. The predicted octanol–water partition coefficient (Wildman–Crippen LogP) is -0.382. The van der Waals surface area contributed by atoms with Gasteiger partial charge in [-0.2, -0.15) is 0 Å². The van der Waals surface area contributed by atoms with Gasteiger partial charge in [0.1, 0.15) is 18.3 Å². The van der Waals surface area contributed by atoms with E-state index in [1.807, 2.05) is 30.3 Å². The molecule has 4 atom stereocenters. The second kappa shape index (κ2) is 7.85. The number of methoxy groups -OCH3 is 1. The first-order valence-corrected chi connectivity index (χ1v) is 7.46. The largest absolute Gasteiger partial charge is 0.465 e. The lowest BCUT2D eigenvalue weighted by molar-refractivity contribution is -0.263. The summed E-state index contributed by atoms with van der Waals surface area (Å²) in [6.07, 6.45) is -2.88. The van der Waals surface area contributed by atoms with Crippen molar-refractivity contribution in [2.75, 3.05) is 20.3 Å². The summed E-state index contributed by atoms with van der Waals surface area (Å²) in [6, 6.07) is 9.73. The normalized spacial score (nSPS) is 30.3. The van der Waals surface area contributed by atoms with Crippen molar-refractivity contribution < 1.29 is 34.3 Å². The maximum Gasteiger partial charge on any atom is 0.369 e. The summed E-state index contributed by atoms with van der Waals surface area (Å²) in [5, 5.41) is 29.1. The molecule has 0 saturated carbocycles. The Hall–Kier alpha value is -1.51. The molecule has 0 spiro atoms. The average Bonchev–Trinajstić information content (AvgIpc) is 2.84. The van der Waals surface area contributed by atoms with Crippen LogP contribution in [0.15, 0.2) is 30.3 Å². The van der Waals surface area contributed by atoms with Gasteiger partial charge in [0.15, 0.2) is 0 Å². The average molecular weight is 326 g/mol. The highest BCUT2D eigenvalue weighted by atomic mass is 16.8. The van der Waals surface area contributed by atoms with E-state index in [4.69, 9.17) is 14.6 Å². The molecular weight excluding hydrogens is 304 g/mol. The number of esters is 1. The molecular formula is C16H22O7. The van der Waals surface area contributed by atoms with Gasteiger partial charge in [-0.05, 0) is 18.4 Å². The number of benzene rings is 1. The maximum absolute atomic E-state index is 12.0. The predicted molar refractivity (Wildman–Crippen MR) is 79.4 cm³/mol. The van der Waals surface area contributed by atoms with Gasteiger partial charge in [-0.3, -0.25) is 0 Å². The molecule has 2 rings (SSSR count). The van der Waals surface area contributed by atoms with Crippen molar-refractivity contribution in [1.29, 1.82) is 0 Å². The Morgan fingerprint density at radius 3 is 2.57 bits per heavy atom. The molecule has 7 nitrogen and oxygen atoms in total. The fourth-order valence-corrected chi connectivity index (χ4v) is 2.57. The van der Waals surface area contributed by atoms with Crippen molar-refractivity contribution in [2.45, 2.75) is 36.9 Å². The van der Waals surface area contributed by atoms with Gasteiger partial charge in [-0.1, -0.05) is 30.3 Å². The molecule has 3 N–H and O–H groups in total. The van der Waals surface area contributed by atoms with E-state index in [0.717, 1.165) is 19.1 Å². The number of aryl methyl sites for hydroxylation is 1. The third kappa shape index (κ3) is 3.70. The molecule has 1 heterocycles. The summed E-state index contributed by atoms with van der Waals surface area (Å²) in [5.41, 5.74) is 1.12. The van der Waals surface area contributed by atoms with Crippen LogP contribution in [0.25, 0.3) is 0 Å². The minimum absolute atomic E-state index is 0.117. The first-order chi connectivity index (χ1) is 11.0. The number of aliphatic hydroxyl groups is 3. The van der Waals surface area contributed by atoms with E-state index in [9.17, 15) is 15.0 Å². The molecule has 23 heavy (non-hydrogen) atoms. The van der Waals surface area contributed by atoms with Crippen molar-refractivity contribution in [3.63, 3.8) is 0 Å². The van der Waals surface area contributed by atoms with E-state index < -0.39 is 36.7 Å². The Kier molecular flexibility index (Phi) is 6.09. The van der Waals surface area contributed by atoms with Gasteiger partial charge in [0.25, 0.3) is 5.79 Å². The number of rotatable bonds is 7. The third-order valence-electron chi connectivity index (χ3n) is 3.84. The topological polar surface area (TPSA) is 105 Å². The number of ether oxygens (including phenoxy) is 3. The van der Waals surface area contributed by atoms with Crippen LogP contribution in [-0.2, 0) is 25.4 Å². The van der Waals surface area contributed by atoms with Crippen molar-refractivity contribution in [3.8, 4) is 0 Å². The van der Waals surface area contributed by atoms with Crippen molar-refractivity contribution in [2.24, 2.45) is 0 Å². The van der Waals surface area contributed by atoms with Crippen LogP contribution < -0.4 is 0 Å². The molecule has 0 radical (unpaired) electrons. The molecule has 0 aromatic heterocycles. The van der Waals surface area contributed by atoms with Gasteiger partial charge < -0.3 is 29.5 Å². The quantitative estimate of drug-likeness (QED) is 0.463. The molecule has 1 fully saturated rings. The summed E-state index contributed by atoms with van der Waals surface area (Å²) in [5.74, 6) is -3.06. The first kappa shape index (κ1) is 17.8. The molecule has 128 valence electrons. The van der Waals surface area contributed by atoms with E-state index in [1.165, 1.54) is 0 Å². The smallest absolute Gasteiger partial charge is 0.369 e. The molecule has 1 aromatic rings. The van der Waals surface area contributed by atoms with Gasteiger partial charge in [0.05, 0.1) is 20.3 Å². The highest BCUT2D eigenvalue weighted by molar-refractivity contribution is 5.79. The zero-order valence-corrected chi connectivity index (χ0v) is 12.9. The van der Waals surface area contributed by atoms with Gasteiger partial charge in [-0.25, -0.2) is 4.79 Å². The molecule has 1 unspecified atom stereocenters. The summed E-state index contributed by atoms with van der Waals surface area (Å²) in [4.78, 5) is 12.0. The van der Waals surface area contributed by atoms with Gasteiger partial charge in [0, 0.05) is 0 Å². The fraction of sp³-hybridized carbons (Fsp3) is 0.562. The van der Waals surface area contributed by atoms with Crippen LogP contribution in [0.5, 0.6) is 0 Å². The summed E-state index contributed by atoms with van der Waals surface area (Å²) < 4.78 is 15.4. The SMILES string of the molecule is COC(=O)C1(OCCCc2ccccc2)O[C@H](CO)[C@H](O)[C@H]1O. The van der Waals surface area contributed by atoms with Crippen LogP contribution in [0.2, 0.25) is 0 Å². The molecule has 1 aromatic carbocycles. The summed E-state index contributed by atoms with van der Waals surface area (Å²) >= 11 is 0. The lowest BCUT2D eigenvalue weighted by Crippen LogP contribution is -2.52. The number of hydrogen-bond donors (Lipinski definition) is 3. The van der Waals surface area contributed by atoms with E-state index >= 15 is 0 Å². The van der Waals surface area contributed by atoms with Gasteiger partial charge in [0.2, 0.25) is 0 Å². The Labute approximate surface area is 134 Å². The van der Waals surface area contributed by atoms with Gasteiger partial charge in [-0.15, -0.1) is 0 Å². The molecule has 1 aliphatic rings. The number of carbonyl (C=O) groups excluding carboxylic acids is 1. The standard InChI is InChI=1S/C16H22O7/c1-21-15(20)16(14(19)13(18)12(10-17)23-16)22-9-5-8-11-6-3-2-4-7-11/h2-4,6-7,12-14,17-19H,5,8-10H2,1H3/t12-,13+,14-,16?/m1/s1. The van der Waals surface area contributed by atoms with Crippen molar-refractivity contribution in [3.05, 3.63) is 35.9 Å². The maximum atomic E-state index is 12.0. The zero-order chi connectivity index (χ0) is 16.9. The van der Waals surface area contributed by atoms with Crippen LogP contribution in [0.4, 0.5) is 0 Å². The molecule has 1 aliphatic heterocycles. The molecule has 0 amide bonds. The zero-order valence-electron chi connectivity index (χ0n) is 12.9. The van der Waals surface area contributed by atoms with Crippen LogP contribution >= 0.6 is 0 Å². The van der Waals surface area contributed by atoms with Crippen LogP contribution in [0.3, 0.4) is 0 Å². The lowest BCUT2D eigenvalue weighted by atomic mass is 10.1. The Balaban J connectivity index is 1.98. The van der Waals surface area contributed by atoms with E-state index in [-0.39, 0.29) is 6.61 Å². The lowest BCUT2D eigenvalue weighted by Gasteiger charge is -2.28. The first-order valence-electron chi connectivity index (χ1n) is 7.46. The molecule has 0 aliphatic carbocycles. The van der Waals surface area contributed by atoms with Crippen LogP contribution in [0, 0.1) is 0 Å². The summed E-state index contributed by atoms with van der Waals surface area (Å²) in [7, 11) is 1.13. The second-order valence-corrected chi connectivity index (χ2v) is 5.37. The Morgan fingerprint density at radius 1 is 1.30 bits per heavy atom. The number of aliphatic hydroxyl groups excluding tert-OH is 3. The van der Waals surface area contributed by atoms with Gasteiger partial charge >= 0.3 is 5.97 Å². The van der Waals surface area contributed by atoms with E-state index in [2.05, 4.69) is 4.74 Å². The Morgan fingerprint density at radius 2 is 2.00 bits per heavy atom. The van der Waals surface area contributed by atoms with Crippen LogP contribution in [0.1, 0.15) is 12.0 Å². The van der Waals surface area contributed by atoms with E-state index in [0.29, 0.717) is 6.42 Å². The van der Waals surface area contributed by atoms with E-state index in [1.54, 1.807) is 0 Å². The molecule has 1 saturated heterocycles. The van der Waals surface area contributed by atoms with Crippen molar-refractivity contribution in [1.82, 2.24) is 0 Å². The highest BCUT2D eigenvalue weighted by Gasteiger charge is 2.61. The Bertz CT molecular complexity index is 506. The number of hydrogen-bond acceptors (Lipinski definition) is 7.